The van der Waals surface area contributed by atoms with Gasteiger partial charge in [0.15, 0.2) is 5.60 Å². The number of fused-ring (bicyclic) bond motifs is 2. The van der Waals surface area contributed by atoms with Crippen LogP contribution in [0.5, 0.6) is 0 Å². The van der Waals surface area contributed by atoms with Gasteiger partial charge >= 0.3 is 54.6 Å². The third-order valence-electron chi connectivity index (χ3n) is 13.1. The first-order valence-electron chi connectivity index (χ1n) is 21.5. The molecule has 0 aromatic rings. The maximum atomic E-state index is 15.1. The van der Waals surface area contributed by atoms with Crippen molar-refractivity contribution in [2.75, 3.05) is 0 Å². The molecule has 0 aliphatic heterocycles. The van der Waals surface area contributed by atoms with E-state index in [1.165, 1.54) is 48.5 Å². The number of ether oxygens (including phenoxy) is 6. The van der Waals surface area contributed by atoms with Crippen LogP contribution in [0.4, 0.5) is 62.3 Å². The number of hydrogen-bond acceptors (Lipinski definition) is 11. The molecule has 10 unspecified atom stereocenters. The molecule has 384 valence electrons. The van der Waals surface area contributed by atoms with E-state index < -0.39 is 150 Å². The van der Waals surface area contributed by atoms with Crippen LogP contribution in [0.25, 0.3) is 0 Å². The average Bonchev–Trinajstić information content (AvgIpc) is 3.66. The Bertz CT molecular complexity index is 1750. The van der Waals surface area contributed by atoms with Crippen LogP contribution >= 0.6 is 0 Å². The van der Waals surface area contributed by atoms with Crippen molar-refractivity contribution in [3.63, 3.8) is 0 Å². The summed E-state index contributed by atoms with van der Waals surface area (Å²) in [5.41, 5.74) is -19.1. The van der Waals surface area contributed by atoms with Gasteiger partial charge in [-0.15, -0.1) is 0 Å². The summed E-state index contributed by atoms with van der Waals surface area (Å²) in [6.07, 6.45) is -36.0. The SMILES string of the molecule is CCC(C)(CC(C)(C)C(=O)OC1CC2CC1CC2CC(C)(O)C(F)(F)F)C(=O)OC1CC(C(C)(OC(=O)OC(C)(C)C)C(F)(F)F)CC(C(OC(=O)OC(C)(C)C)(C(F)(F)F)C(F)(F)F)C1. The summed E-state index contributed by atoms with van der Waals surface area (Å²) in [5.74, 6) is -9.15. The van der Waals surface area contributed by atoms with Gasteiger partial charge in [-0.25, -0.2) is 9.59 Å². The van der Waals surface area contributed by atoms with E-state index in [2.05, 4.69) is 9.47 Å². The van der Waals surface area contributed by atoms with Crippen LogP contribution in [0, 0.1) is 40.4 Å². The fraction of sp³-hybridized carbons (Fsp3) is 0.907. The standard InChI is InChI=1S/C43H62F12O11/c1-13-36(10,21-35(8,9)29(56)62-28-16-22-14-23(28)15-24(22)20-37(11,60)40(44,45)46)30(57)61-27-18-25(38(12,41(47,48)49)65-31(58)63-33(2,3)4)17-26(19-27)39(42(50,51)52,43(53,54)55)66-32(59)64-34(5,6)7/h22-28,60H,13-21H2,1-12H3. The molecular formula is C43H62F12O11. The largest absolute Gasteiger partial charge is 0.510 e. The van der Waals surface area contributed by atoms with Crippen molar-refractivity contribution in [1.29, 1.82) is 0 Å². The molecule has 3 saturated carbocycles. The molecule has 3 aliphatic rings. The van der Waals surface area contributed by atoms with E-state index >= 15 is 39.5 Å². The summed E-state index contributed by atoms with van der Waals surface area (Å²) in [6, 6.07) is 0. The molecule has 0 aromatic carbocycles. The van der Waals surface area contributed by atoms with E-state index in [1.807, 2.05) is 0 Å². The maximum Gasteiger partial charge on any atom is 0.510 e. The number of esters is 2. The highest BCUT2D eigenvalue weighted by molar-refractivity contribution is 5.80. The van der Waals surface area contributed by atoms with E-state index in [4.69, 9.17) is 18.9 Å². The Morgan fingerprint density at radius 1 is 0.530 bits per heavy atom. The fourth-order valence-corrected chi connectivity index (χ4v) is 9.53. The molecule has 0 amide bonds. The lowest BCUT2D eigenvalue weighted by atomic mass is 9.66. The molecular weight excluding hydrogens is 920 g/mol. The van der Waals surface area contributed by atoms with Crippen molar-refractivity contribution in [3.8, 4) is 0 Å². The van der Waals surface area contributed by atoms with Crippen LogP contribution in [0.1, 0.15) is 141 Å². The minimum atomic E-state index is -6.60. The molecule has 23 heteroatoms. The summed E-state index contributed by atoms with van der Waals surface area (Å²) >= 11 is 0. The number of carbonyl (C=O) groups excluding carboxylic acids is 4. The number of hydrogen-bond donors (Lipinski definition) is 1. The predicted octanol–water partition coefficient (Wildman–Crippen LogP) is 11.9. The Balaban J connectivity index is 2.02. The second kappa shape index (κ2) is 18.5. The van der Waals surface area contributed by atoms with Crippen molar-refractivity contribution in [1.82, 2.24) is 0 Å². The van der Waals surface area contributed by atoms with Gasteiger partial charge in [0.2, 0.25) is 5.60 Å². The number of aliphatic hydroxyl groups is 1. The Morgan fingerprint density at radius 2 is 1.02 bits per heavy atom. The topological polar surface area (TPSA) is 144 Å². The van der Waals surface area contributed by atoms with Gasteiger partial charge in [-0.1, -0.05) is 6.92 Å². The van der Waals surface area contributed by atoms with Crippen molar-refractivity contribution in [2.24, 2.45) is 40.4 Å². The minimum Gasteiger partial charge on any atom is -0.462 e. The minimum absolute atomic E-state index is 0.186. The van der Waals surface area contributed by atoms with Gasteiger partial charge in [0.25, 0.3) is 0 Å². The van der Waals surface area contributed by atoms with E-state index in [9.17, 15) is 37.5 Å². The Morgan fingerprint density at radius 3 is 1.42 bits per heavy atom. The lowest BCUT2D eigenvalue weighted by molar-refractivity contribution is -0.392. The normalized spacial score (nSPS) is 27.4. The highest BCUT2D eigenvalue weighted by Gasteiger charge is 2.79. The first kappa shape index (κ1) is 56.9. The third-order valence-corrected chi connectivity index (χ3v) is 13.1. The van der Waals surface area contributed by atoms with E-state index in [0.29, 0.717) is 13.3 Å². The van der Waals surface area contributed by atoms with Crippen LogP contribution in [0.3, 0.4) is 0 Å². The molecule has 0 heterocycles. The summed E-state index contributed by atoms with van der Waals surface area (Å²) < 4.78 is 206. The van der Waals surface area contributed by atoms with Crippen molar-refractivity contribution >= 4 is 24.2 Å². The lowest BCUT2D eigenvalue weighted by Gasteiger charge is -2.49. The maximum absolute atomic E-state index is 15.1. The molecule has 2 bridgehead atoms. The zero-order valence-corrected chi connectivity index (χ0v) is 39.0. The smallest absolute Gasteiger partial charge is 0.462 e. The van der Waals surface area contributed by atoms with Gasteiger partial charge < -0.3 is 33.5 Å². The quantitative estimate of drug-likeness (QED) is 0.107. The van der Waals surface area contributed by atoms with Crippen molar-refractivity contribution in [2.45, 2.75) is 206 Å². The van der Waals surface area contributed by atoms with Crippen LogP contribution in [-0.2, 0) is 38.0 Å². The molecule has 3 rings (SSSR count). The van der Waals surface area contributed by atoms with E-state index in [-0.39, 0.29) is 38.0 Å². The zero-order valence-electron chi connectivity index (χ0n) is 39.0. The van der Waals surface area contributed by atoms with E-state index in [0.717, 1.165) is 20.8 Å². The third kappa shape index (κ3) is 12.6. The van der Waals surface area contributed by atoms with Gasteiger partial charge in [0.05, 0.1) is 10.8 Å². The average molecular weight is 983 g/mol. The first-order valence-corrected chi connectivity index (χ1v) is 21.5. The molecule has 3 fully saturated rings. The van der Waals surface area contributed by atoms with Gasteiger partial charge in [0.1, 0.15) is 23.4 Å². The van der Waals surface area contributed by atoms with Crippen LogP contribution in [-0.4, -0.2) is 94.3 Å². The molecule has 0 radical (unpaired) electrons. The Kier molecular flexibility index (Phi) is 15.9. The summed E-state index contributed by atoms with van der Waals surface area (Å²) in [4.78, 5) is 53.3. The van der Waals surface area contributed by atoms with Gasteiger partial charge in [-0.05, 0) is 152 Å². The van der Waals surface area contributed by atoms with E-state index in [1.54, 1.807) is 0 Å². The molecule has 66 heavy (non-hydrogen) atoms. The Hall–Kier alpha value is -3.40. The van der Waals surface area contributed by atoms with Gasteiger partial charge in [-0.2, -0.15) is 52.7 Å². The second-order valence-electron chi connectivity index (χ2n) is 21.5. The summed E-state index contributed by atoms with van der Waals surface area (Å²) in [5, 5.41) is 10.0. The first-order chi connectivity index (χ1) is 29.2. The van der Waals surface area contributed by atoms with Crippen LogP contribution < -0.4 is 0 Å². The van der Waals surface area contributed by atoms with Crippen molar-refractivity contribution in [3.05, 3.63) is 0 Å². The molecule has 1 N–H and O–H groups in total. The molecule has 11 nitrogen and oxygen atoms in total. The number of carbonyl (C=O) groups is 4. The molecule has 0 spiro atoms. The highest BCUT2D eigenvalue weighted by Crippen LogP contribution is 2.59. The van der Waals surface area contributed by atoms with Crippen molar-refractivity contribution < 1.29 is 105 Å². The number of halogens is 12. The molecule has 0 saturated heterocycles. The molecule has 0 aromatic heterocycles. The van der Waals surface area contributed by atoms with Gasteiger partial charge in [-0.3, -0.25) is 9.59 Å². The lowest BCUT2D eigenvalue weighted by Crippen LogP contribution is -2.67. The molecule has 10 atom stereocenters. The molecule has 3 aliphatic carbocycles. The second-order valence-corrected chi connectivity index (χ2v) is 21.5. The highest BCUT2D eigenvalue weighted by atomic mass is 19.4. The summed E-state index contributed by atoms with van der Waals surface area (Å²) in [6.45, 7) is 13.2. The number of rotatable bonds is 13. The van der Waals surface area contributed by atoms with Crippen LogP contribution in [0.2, 0.25) is 0 Å². The van der Waals surface area contributed by atoms with Crippen LogP contribution in [0.15, 0.2) is 0 Å². The summed E-state index contributed by atoms with van der Waals surface area (Å²) in [7, 11) is 0. The monoisotopic (exact) mass is 982 g/mol. The predicted molar refractivity (Wildman–Crippen MR) is 207 cm³/mol. The Labute approximate surface area is 375 Å². The fourth-order valence-electron chi connectivity index (χ4n) is 9.53. The number of alkyl halides is 12. The zero-order chi connectivity index (χ0) is 51.5. The van der Waals surface area contributed by atoms with Gasteiger partial charge in [0, 0.05) is 11.8 Å².